The monoisotopic (exact) mass is 456 g/mol. The van der Waals surface area contributed by atoms with Crippen LogP contribution in [0.15, 0.2) is 48.5 Å². The van der Waals surface area contributed by atoms with Crippen molar-refractivity contribution in [1.82, 2.24) is 10.2 Å². The van der Waals surface area contributed by atoms with Crippen LogP contribution in [0.1, 0.15) is 55.7 Å². The Labute approximate surface area is 195 Å². The molecule has 0 spiro atoms. The fraction of sp³-hybridized carbons (Fsp3) is 0.462. The largest absolute Gasteiger partial charge is 0.352 e. The maximum absolute atomic E-state index is 14.3. The van der Waals surface area contributed by atoms with E-state index in [-0.39, 0.29) is 36.0 Å². The van der Waals surface area contributed by atoms with Gasteiger partial charge in [0.05, 0.1) is 5.75 Å². The average molecular weight is 457 g/mol. The van der Waals surface area contributed by atoms with Crippen LogP contribution in [-0.4, -0.2) is 34.6 Å². The summed E-state index contributed by atoms with van der Waals surface area (Å²) in [5.41, 5.74) is 2.76. The molecule has 1 aliphatic rings. The first-order chi connectivity index (χ1) is 15.4. The summed E-state index contributed by atoms with van der Waals surface area (Å²) >= 11 is 1.51. The number of rotatable bonds is 9. The Hall–Kier alpha value is -2.34. The molecular formula is C26H33FN2O2S. The maximum Gasteiger partial charge on any atom is 0.242 e. The van der Waals surface area contributed by atoms with Gasteiger partial charge in [0.1, 0.15) is 11.9 Å². The van der Waals surface area contributed by atoms with Gasteiger partial charge < -0.3 is 10.2 Å². The van der Waals surface area contributed by atoms with Gasteiger partial charge in [0, 0.05) is 23.9 Å². The molecule has 0 saturated heterocycles. The van der Waals surface area contributed by atoms with E-state index in [0.717, 1.165) is 31.2 Å². The van der Waals surface area contributed by atoms with Gasteiger partial charge in [0.15, 0.2) is 0 Å². The van der Waals surface area contributed by atoms with Gasteiger partial charge in [-0.15, -0.1) is 11.8 Å². The molecule has 1 saturated carbocycles. The molecule has 172 valence electrons. The second kappa shape index (κ2) is 12.0. The molecule has 0 radical (unpaired) electrons. The summed E-state index contributed by atoms with van der Waals surface area (Å²) in [7, 11) is 0. The third kappa shape index (κ3) is 7.09. The lowest BCUT2D eigenvalue weighted by Gasteiger charge is -2.31. The van der Waals surface area contributed by atoms with Crippen molar-refractivity contribution in [1.29, 1.82) is 0 Å². The average Bonchev–Trinajstić information content (AvgIpc) is 2.78. The second-order valence-electron chi connectivity index (χ2n) is 8.61. The van der Waals surface area contributed by atoms with Crippen LogP contribution < -0.4 is 5.32 Å². The SMILES string of the molecule is Cc1cccc(CSCC(=O)N(Cc2ccccc2F)[C@H](C)C(=O)NC2CCCCC2)c1. The molecule has 1 N–H and O–H groups in total. The van der Waals surface area contributed by atoms with Gasteiger partial charge >= 0.3 is 0 Å². The highest BCUT2D eigenvalue weighted by molar-refractivity contribution is 7.99. The molecule has 2 aromatic carbocycles. The third-order valence-corrected chi connectivity index (χ3v) is 6.98. The lowest BCUT2D eigenvalue weighted by Crippen LogP contribution is -2.51. The topological polar surface area (TPSA) is 49.4 Å². The Morgan fingerprint density at radius 2 is 1.88 bits per heavy atom. The second-order valence-corrected chi connectivity index (χ2v) is 9.60. The Kier molecular flexibility index (Phi) is 9.15. The summed E-state index contributed by atoms with van der Waals surface area (Å²) in [6.07, 6.45) is 5.40. The lowest BCUT2D eigenvalue weighted by atomic mass is 9.95. The predicted molar refractivity (Wildman–Crippen MR) is 129 cm³/mol. The summed E-state index contributed by atoms with van der Waals surface area (Å²) in [4.78, 5) is 27.6. The van der Waals surface area contributed by atoms with Crippen LogP contribution in [0.2, 0.25) is 0 Å². The van der Waals surface area contributed by atoms with Gasteiger partial charge in [0.2, 0.25) is 11.8 Å². The van der Waals surface area contributed by atoms with Gasteiger partial charge in [-0.25, -0.2) is 4.39 Å². The highest BCUT2D eigenvalue weighted by atomic mass is 32.2. The van der Waals surface area contributed by atoms with E-state index in [1.807, 2.05) is 25.1 Å². The van der Waals surface area contributed by atoms with Crippen LogP contribution in [-0.2, 0) is 21.9 Å². The minimum Gasteiger partial charge on any atom is -0.352 e. The molecule has 1 atom stereocenters. The van der Waals surface area contributed by atoms with Crippen molar-refractivity contribution in [2.75, 3.05) is 5.75 Å². The van der Waals surface area contributed by atoms with Crippen LogP contribution in [0, 0.1) is 12.7 Å². The van der Waals surface area contributed by atoms with Crippen molar-refractivity contribution in [3.63, 3.8) is 0 Å². The summed E-state index contributed by atoms with van der Waals surface area (Å²) in [6, 6.07) is 14.1. The summed E-state index contributed by atoms with van der Waals surface area (Å²) in [6.45, 7) is 3.86. The Morgan fingerprint density at radius 3 is 2.59 bits per heavy atom. The van der Waals surface area contributed by atoms with E-state index in [1.54, 1.807) is 25.1 Å². The highest BCUT2D eigenvalue weighted by Gasteiger charge is 2.28. The zero-order valence-electron chi connectivity index (χ0n) is 19.0. The third-order valence-electron chi connectivity index (χ3n) is 5.99. The van der Waals surface area contributed by atoms with Crippen LogP contribution in [0.5, 0.6) is 0 Å². The fourth-order valence-electron chi connectivity index (χ4n) is 4.10. The minimum atomic E-state index is -0.663. The number of benzene rings is 2. The molecule has 2 aromatic rings. The van der Waals surface area contributed by atoms with Crippen molar-refractivity contribution in [2.24, 2.45) is 0 Å². The van der Waals surface area contributed by atoms with E-state index >= 15 is 0 Å². The summed E-state index contributed by atoms with van der Waals surface area (Å²) < 4.78 is 14.3. The number of hydrogen-bond acceptors (Lipinski definition) is 3. The zero-order chi connectivity index (χ0) is 22.9. The quantitative estimate of drug-likeness (QED) is 0.562. The Morgan fingerprint density at radius 1 is 1.12 bits per heavy atom. The molecule has 0 aliphatic heterocycles. The van der Waals surface area contributed by atoms with E-state index < -0.39 is 6.04 Å². The molecule has 3 rings (SSSR count). The van der Waals surface area contributed by atoms with Crippen molar-refractivity contribution in [3.05, 3.63) is 71.0 Å². The summed E-state index contributed by atoms with van der Waals surface area (Å²) in [5.74, 6) is 0.271. The first-order valence-electron chi connectivity index (χ1n) is 11.4. The smallest absolute Gasteiger partial charge is 0.242 e. The molecular weight excluding hydrogens is 423 g/mol. The molecule has 1 fully saturated rings. The van der Waals surface area contributed by atoms with E-state index in [1.165, 1.54) is 34.7 Å². The zero-order valence-corrected chi connectivity index (χ0v) is 19.8. The van der Waals surface area contributed by atoms with Crippen LogP contribution in [0.25, 0.3) is 0 Å². The fourth-order valence-corrected chi connectivity index (χ4v) is 4.96. The number of carbonyl (C=O) groups is 2. The molecule has 0 bridgehead atoms. The first-order valence-corrected chi connectivity index (χ1v) is 12.6. The molecule has 0 aromatic heterocycles. The van der Waals surface area contributed by atoms with Crippen LogP contribution >= 0.6 is 11.8 Å². The molecule has 6 heteroatoms. The number of amides is 2. The lowest BCUT2D eigenvalue weighted by molar-refractivity contribution is -0.139. The van der Waals surface area contributed by atoms with Crippen LogP contribution in [0.4, 0.5) is 4.39 Å². The maximum atomic E-state index is 14.3. The van der Waals surface area contributed by atoms with Gasteiger partial charge in [-0.2, -0.15) is 0 Å². The molecule has 4 nitrogen and oxygen atoms in total. The molecule has 32 heavy (non-hydrogen) atoms. The number of hydrogen-bond donors (Lipinski definition) is 1. The van der Waals surface area contributed by atoms with Gasteiger partial charge in [-0.1, -0.05) is 67.3 Å². The van der Waals surface area contributed by atoms with Gasteiger partial charge in [0.25, 0.3) is 0 Å². The van der Waals surface area contributed by atoms with Crippen molar-refractivity contribution >= 4 is 23.6 Å². The van der Waals surface area contributed by atoms with E-state index in [0.29, 0.717) is 11.3 Å². The Bertz CT molecular complexity index is 914. The number of thioether (sulfide) groups is 1. The highest BCUT2D eigenvalue weighted by Crippen LogP contribution is 2.20. The van der Waals surface area contributed by atoms with E-state index in [4.69, 9.17) is 0 Å². The number of aryl methyl sites for hydroxylation is 1. The standard InChI is InChI=1S/C26H33FN2O2S/c1-19-9-8-10-21(15-19)17-32-18-25(30)29(16-22-11-6-7-14-24(22)27)20(2)26(31)28-23-12-4-3-5-13-23/h6-11,14-15,20,23H,3-5,12-13,16-18H2,1-2H3,(H,28,31)/t20-/m1/s1. The molecule has 0 heterocycles. The van der Waals surface area contributed by atoms with E-state index in [9.17, 15) is 14.0 Å². The predicted octanol–water partition coefficient (Wildman–Crippen LogP) is 5.23. The van der Waals surface area contributed by atoms with Crippen molar-refractivity contribution in [3.8, 4) is 0 Å². The minimum absolute atomic E-state index is 0.0791. The molecule has 1 aliphatic carbocycles. The van der Waals surface area contributed by atoms with E-state index in [2.05, 4.69) is 11.4 Å². The van der Waals surface area contributed by atoms with Gasteiger partial charge in [-0.3, -0.25) is 9.59 Å². The first kappa shape index (κ1) is 24.3. The van der Waals surface area contributed by atoms with Crippen molar-refractivity contribution < 1.29 is 14.0 Å². The molecule has 0 unspecified atom stereocenters. The summed E-state index contributed by atoms with van der Waals surface area (Å²) in [5, 5.41) is 3.11. The van der Waals surface area contributed by atoms with Crippen molar-refractivity contribution in [2.45, 2.75) is 70.3 Å². The number of carbonyl (C=O) groups excluding carboxylic acids is 2. The molecule has 2 amide bonds. The number of nitrogens with one attached hydrogen (secondary N) is 1. The Balaban J connectivity index is 1.66. The number of halogens is 1. The number of nitrogens with zero attached hydrogens (tertiary/aromatic N) is 1. The van der Waals surface area contributed by atoms with Gasteiger partial charge in [-0.05, 0) is 38.3 Å². The van der Waals surface area contributed by atoms with Crippen LogP contribution in [0.3, 0.4) is 0 Å². The normalized spacial score (nSPS) is 15.2.